The number of nitrogens with zero attached hydrogens (tertiary/aromatic N) is 3. The molecule has 0 spiro atoms. The van der Waals surface area contributed by atoms with Crippen LogP contribution in [-0.4, -0.2) is 20.7 Å². The van der Waals surface area contributed by atoms with Crippen LogP contribution in [0.2, 0.25) is 0 Å². The first-order valence-electron chi connectivity index (χ1n) is 8.17. The highest BCUT2D eigenvalue weighted by Gasteiger charge is 2.14. The Hall–Kier alpha value is -3.26. The van der Waals surface area contributed by atoms with Crippen molar-refractivity contribution in [2.24, 2.45) is 12.1 Å². The Morgan fingerprint density at radius 1 is 1.15 bits per heavy atom. The van der Waals surface area contributed by atoms with E-state index >= 15 is 0 Å². The molecule has 0 saturated carbocycles. The minimum Gasteiger partial charge on any atom is -0.331 e. The summed E-state index contributed by atoms with van der Waals surface area (Å²) >= 11 is 5.15. The Bertz CT molecular complexity index is 1040. The number of rotatable bonds is 4. The van der Waals surface area contributed by atoms with Gasteiger partial charge in [0.25, 0.3) is 5.56 Å². The minimum absolute atomic E-state index is 0.114. The van der Waals surface area contributed by atoms with Gasteiger partial charge in [-0.25, -0.2) is 9.07 Å². The van der Waals surface area contributed by atoms with Gasteiger partial charge in [-0.05, 0) is 55.5 Å². The number of para-hydroxylation sites is 1. The van der Waals surface area contributed by atoms with Gasteiger partial charge in [0, 0.05) is 18.3 Å². The Morgan fingerprint density at radius 3 is 2.48 bits per heavy atom. The van der Waals surface area contributed by atoms with Gasteiger partial charge < -0.3 is 5.32 Å². The summed E-state index contributed by atoms with van der Waals surface area (Å²) < 4.78 is 16.2. The van der Waals surface area contributed by atoms with E-state index in [4.69, 9.17) is 12.2 Å². The molecule has 6 nitrogen and oxygen atoms in total. The fourth-order valence-electron chi connectivity index (χ4n) is 2.64. The molecule has 1 heterocycles. The molecule has 1 aromatic heterocycles. The molecule has 0 radical (unpaired) electrons. The number of hydrazone groups is 1. The number of anilines is 1. The van der Waals surface area contributed by atoms with Gasteiger partial charge in [0.1, 0.15) is 5.82 Å². The highest BCUT2D eigenvalue weighted by atomic mass is 32.1. The van der Waals surface area contributed by atoms with Crippen molar-refractivity contribution in [2.45, 2.75) is 6.92 Å². The zero-order valence-corrected chi connectivity index (χ0v) is 15.6. The second kappa shape index (κ2) is 7.96. The molecule has 3 aromatic rings. The van der Waals surface area contributed by atoms with Crippen molar-refractivity contribution in [1.29, 1.82) is 0 Å². The number of benzene rings is 2. The van der Waals surface area contributed by atoms with Crippen LogP contribution in [0.15, 0.2) is 64.5 Å². The zero-order chi connectivity index (χ0) is 19.4. The Morgan fingerprint density at radius 2 is 1.81 bits per heavy atom. The van der Waals surface area contributed by atoms with Crippen molar-refractivity contribution in [2.75, 3.05) is 5.32 Å². The molecule has 0 unspecified atom stereocenters. The molecule has 138 valence electrons. The van der Waals surface area contributed by atoms with Crippen LogP contribution in [0.4, 0.5) is 10.1 Å². The Kier molecular flexibility index (Phi) is 5.46. The third-order valence-corrected chi connectivity index (χ3v) is 4.20. The molecule has 0 bridgehead atoms. The predicted octanol–water partition coefficient (Wildman–Crippen LogP) is 2.94. The lowest BCUT2D eigenvalue weighted by atomic mass is 10.3. The number of nitrogens with one attached hydrogen (secondary N) is 2. The average molecular weight is 383 g/mol. The van der Waals surface area contributed by atoms with Gasteiger partial charge >= 0.3 is 0 Å². The molecule has 0 aliphatic rings. The third kappa shape index (κ3) is 4.12. The monoisotopic (exact) mass is 383 g/mol. The van der Waals surface area contributed by atoms with Crippen molar-refractivity contribution in [1.82, 2.24) is 14.8 Å². The fraction of sp³-hybridized carbons (Fsp3) is 0.105. The fourth-order valence-corrected chi connectivity index (χ4v) is 2.81. The zero-order valence-electron chi connectivity index (χ0n) is 14.8. The van der Waals surface area contributed by atoms with E-state index in [0.717, 1.165) is 5.69 Å². The molecular formula is C19H18FN5OS. The highest BCUT2D eigenvalue weighted by molar-refractivity contribution is 7.80. The summed E-state index contributed by atoms with van der Waals surface area (Å²) in [5.74, 6) is -0.322. The number of hydrogen-bond acceptors (Lipinski definition) is 3. The van der Waals surface area contributed by atoms with E-state index in [9.17, 15) is 9.18 Å². The second-order valence-electron chi connectivity index (χ2n) is 5.82. The first kappa shape index (κ1) is 18.5. The van der Waals surface area contributed by atoms with Gasteiger partial charge in [-0.15, -0.1) is 0 Å². The Balaban J connectivity index is 1.75. The summed E-state index contributed by atoms with van der Waals surface area (Å²) in [6.07, 6.45) is 1.54. The Labute approximate surface area is 160 Å². The summed E-state index contributed by atoms with van der Waals surface area (Å²) in [4.78, 5) is 12.6. The van der Waals surface area contributed by atoms with Crippen LogP contribution in [0.1, 0.15) is 11.3 Å². The molecule has 0 amide bonds. The van der Waals surface area contributed by atoms with E-state index in [1.54, 1.807) is 35.5 Å². The van der Waals surface area contributed by atoms with Gasteiger partial charge in [0.2, 0.25) is 0 Å². The number of hydrogen-bond donors (Lipinski definition) is 2. The lowest BCUT2D eigenvalue weighted by molar-refractivity contribution is 0.628. The van der Waals surface area contributed by atoms with Gasteiger partial charge in [0.15, 0.2) is 5.11 Å². The molecule has 0 saturated heterocycles. The van der Waals surface area contributed by atoms with Crippen molar-refractivity contribution >= 4 is 29.2 Å². The summed E-state index contributed by atoms with van der Waals surface area (Å²) in [7, 11) is 1.79. The van der Waals surface area contributed by atoms with Gasteiger partial charge in [-0.1, -0.05) is 18.2 Å². The van der Waals surface area contributed by atoms with E-state index in [2.05, 4.69) is 15.8 Å². The number of thiocarbonyl (C=S) groups is 1. The SMILES string of the molecule is Cc1c(/C=N\NC(=S)Nc2ccc(F)cc2)n(C)n(-c2ccccc2)c1=O. The largest absolute Gasteiger partial charge is 0.331 e. The normalized spacial score (nSPS) is 10.9. The molecule has 0 fully saturated rings. The lowest BCUT2D eigenvalue weighted by Gasteiger charge is -2.08. The first-order valence-corrected chi connectivity index (χ1v) is 8.58. The predicted molar refractivity (Wildman–Crippen MR) is 109 cm³/mol. The van der Waals surface area contributed by atoms with Crippen molar-refractivity contribution in [3.8, 4) is 5.69 Å². The maximum absolute atomic E-state index is 12.9. The molecule has 8 heteroatoms. The summed E-state index contributed by atoms with van der Waals surface area (Å²) in [5.41, 5.74) is 5.22. The van der Waals surface area contributed by atoms with Crippen LogP contribution in [0, 0.1) is 12.7 Å². The molecule has 27 heavy (non-hydrogen) atoms. The standard InChI is InChI=1S/C19H18FN5OS/c1-13-17(24(2)25(18(13)26)16-6-4-3-5-7-16)12-21-23-19(27)22-15-10-8-14(20)9-11-15/h3-12H,1-2H3,(H2,22,23,27)/b21-12-. The molecule has 0 aliphatic carbocycles. The first-order chi connectivity index (χ1) is 13.0. The quantitative estimate of drug-likeness (QED) is 0.413. The molecular weight excluding hydrogens is 365 g/mol. The van der Waals surface area contributed by atoms with Crippen LogP contribution in [0.25, 0.3) is 5.69 Å². The van der Waals surface area contributed by atoms with Crippen molar-refractivity contribution < 1.29 is 4.39 Å². The summed E-state index contributed by atoms with van der Waals surface area (Å²) in [5, 5.41) is 7.25. The highest BCUT2D eigenvalue weighted by Crippen LogP contribution is 2.09. The van der Waals surface area contributed by atoms with Crippen LogP contribution in [0.3, 0.4) is 0 Å². The van der Waals surface area contributed by atoms with Gasteiger partial charge in [-0.3, -0.25) is 14.9 Å². The van der Waals surface area contributed by atoms with Gasteiger partial charge in [-0.2, -0.15) is 5.10 Å². The molecule has 2 aromatic carbocycles. The van der Waals surface area contributed by atoms with Crippen LogP contribution < -0.4 is 16.3 Å². The maximum atomic E-state index is 12.9. The van der Waals surface area contributed by atoms with Gasteiger partial charge in [0.05, 0.1) is 17.6 Å². The van der Waals surface area contributed by atoms with Crippen LogP contribution in [-0.2, 0) is 7.05 Å². The van der Waals surface area contributed by atoms with E-state index < -0.39 is 0 Å². The van der Waals surface area contributed by atoms with E-state index in [1.165, 1.54) is 18.3 Å². The van der Waals surface area contributed by atoms with Crippen molar-refractivity contribution in [3.05, 3.63) is 82.0 Å². The summed E-state index contributed by atoms with van der Waals surface area (Å²) in [6, 6.07) is 15.2. The third-order valence-electron chi connectivity index (χ3n) is 4.00. The molecule has 2 N–H and O–H groups in total. The van der Waals surface area contributed by atoms with Crippen molar-refractivity contribution in [3.63, 3.8) is 0 Å². The minimum atomic E-state index is -0.322. The second-order valence-corrected chi connectivity index (χ2v) is 6.23. The molecule has 0 atom stereocenters. The maximum Gasteiger partial charge on any atom is 0.274 e. The topological polar surface area (TPSA) is 63.4 Å². The van der Waals surface area contributed by atoms with E-state index in [1.807, 2.05) is 30.3 Å². The smallest absolute Gasteiger partial charge is 0.274 e. The number of halogens is 1. The average Bonchev–Trinajstić information content (AvgIpc) is 2.87. The van der Waals surface area contributed by atoms with E-state index in [0.29, 0.717) is 16.9 Å². The van der Waals surface area contributed by atoms with E-state index in [-0.39, 0.29) is 16.5 Å². The molecule has 3 rings (SSSR count). The molecule has 0 aliphatic heterocycles. The lowest BCUT2D eigenvalue weighted by Crippen LogP contribution is -2.24. The van der Waals surface area contributed by atoms with Crippen LogP contribution >= 0.6 is 12.2 Å². The summed E-state index contributed by atoms with van der Waals surface area (Å²) in [6.45, 7) is 1.75. The number of aromatic nitrogens is 2. The van der Waals surface area contributed by atoms with Crippen LogP contribution in [0.5, 0.6) is 0 Å².